The van der Waals surface area contributed by atoms with Crippen LogP contribution in [0.15, 0.2) is 24.3 Å². The Morgan fingerprint density at radius 2 is 1.70 bits per heavy atom. The number of halogens is 1. The van der Waals surface area contributed by atoms with E-state index in [1.165, 1.54) is 5.56 Å². The molecule has 6 rings (SSSR count). The first-order valence-electron chi connectivity index (χ1n) is 8.93. The Labute approximate surface area is 163 Å². The van der Waals surface area contributed by atoms with Crippen LogP contribution in [0.1, 0.15) is 34.2 Å². The number of nitrogens with zero attached hydrogens (tertiary/aromatic N) is 1. The van der Waals surface area contributed by atoms with Gasteiger partial charge in [0.1, 0.15) is 0 Å². The second kappa shape index (κ2) is 5.92. The van der Waals surface area contributed by atoms with E-state index < -0.39 is 6.10 Å². The van der Waals surface area contributed by atoms with Gasteiger partial charge in [0.2, 0.25) is 13.6 Å². The third kappa shape index (κ3) is 2.27. The minimum atomic E-state index is -0.463. The maximum atomic E-state index is 11.0. The minimum Gasteiger partial charge on any atom is -0.454 e. The maximum absolute atomic E-state index is 11.0. The SMILES string of the molecule is CN1Cc2c(ccc3c2OCO3)[C@@H]2[C@H]1c1cc3c(cc1C[C@@H]2O)OCO3.Cl. The molecule has 4 aliphatic rings. The van der Waals surface area contributed by atoms with Crippen molar-refractivity contribution in [3.8, 4) is 23.0 Å². The van der Waals surface area contributed by atoms with E-state index in [4.69, 9.17) is 18.9 Å². The zero-order chi connectivity index (χ0) is 17.4. The van der Waals surface area contributed by atoms with Gasteiger partial charge in [-0.25, -0.2) is 0 Å². The van der Waals surface area contributed by atoms with Gasteiger partial charge in [-0.3, -0.25) is 4.90 Å². The lowest BCUT2D eigenvalue weighted by atomic mass is 9.70. The van der Waals surface area contributed by atoms with Crippen molar-refractivity contribution in [1.82, 2.24) is 4.90 Å². The van der Waals surface area contributed by atoms with Gasteiger partial charge in [-0.1, -0.05) is 6.07 Å². The number of likely N-dealkylation sites (N-methyl/N-ethyl adjacent to an activating group) is 1. The first kappa shape index (κ1) is 17.0. The molecule has 7 heteroatoms. The van der Waals surface area contributed by atoms with Crippen molar-refractivity contribution >= 4 is 12.4 Å². The molecule has 0 spiro atoms. The Bertz CT molecular complexity index is 931. The summed E-state index contributed by atoms with van der Waals surface area (Å²) in [6.07, 6.45) is 0.143. The van der Waals surface area contributed by atoms with Crippen LogP contribution in [0, 0.1) is 0 Å². The van der Waals surface area contributed by atoms with E-state index in [0.717, 1.165) is 46.2 Å². The fourth-order valence-corrected chi connectivity index (χ4v) is 4.97. The zero-order valence-electron chi connectivity index (χ0n) is 14.8. The summed E-state index contributed by atoms with van der Waals surface area (Å²) in [7, 11) is 2.10. The molecule has 3 atom stereocenters. The van der Waals surface area contributed by atoms with Gasteiger partial charge in [-0.2, -0.15) is 0 Å². The predicted octanol–water partition coefficient (Wildman–Crippen LogP) is 2.75. The third-order valence-corrected chi connectivity index (χ3v) is 6.06. The smallest absolute Gasteiger partial charge is 0.231 e. The molecule has 0 radical (unpaired) electrons. The highest BCUT2D eigenvalue weighted by Crippen LogP contribution is 2.54. The molecule has 0 bridgehead atoms. The summed E-state index contributed by atoms with van der Waals surface area (Å²) in [4.78, 5) is 2.29. The molecule has 3 aliphatic heterocycles. The fourth-order valence-electron chi connectivity index (χ4n) is 4.97. The number of fused-ring (bicyclic) bond motifs is 8. The number of aliphatic hydroxyl groups excluding tert-OH is 1. The van der Waals surface area contributed by atoms with Gasteiger partial charge in [0.15, 0.2) is 23.0 Å². The van der Waals surface area contributed by atoms with E-state index in [0.29, 0.717) is 6.42 Å². The van der Waals surface area contributed by atoms with Gasteiger partial charge >= 0.3 is 0 Å². The molecule has 142 valence electrons. The second-order valence-corrected chi connectivity index (χ2v) is 7.43. The highest BCUT2D eigenvalue weighted by molar-refractivity contribution is 5.85. The van der Waals surface area contributed by atoms with Crippen LogP contribution in [-0.2, 0) is 13.0 Å². The maximum Gasteiger partial charge on any atom is 0.231 e. The summed E-state index contributed by atoms with van der Waals surface area (Å²) in [6.45, 7) is 1.28. The van der Waals surface area contributed by atoms with E-state index in [1.807, 2.05) is 12.1 Å². The van der Waals surface area contributed by atoms with E-state index in [-0.39, 0.29) is 38.0 Å². The highest BCUT2D eigenvalue weighted by Gasteiger charge is 2.45. The van der Waals surface area contributed by atoms with Gasteiger partial charge in [-0.05, 0) is 48.4 Å². The van der Waals surface area contributed by atoms with E-state index in [9.17, 15) is 5.11 Å². The average Bonchev–Trinajstić information content (AvgIpc) is 3.28. The van der Waals surface area contributed by atoms with Crippen molar-refractivity contribution in [2.45, 2.75) is 31.0 Å². The number of rotatable bonds is 0. The molecule has 2 aromatic carbocycles. The molecular formula is C20H20ClNO5. The van der Waals surface area contributed by atoms with Crippen LogP contribution in [0.25, 0.3) is 0 Å². The van der Waals surface area contributed by atoms with E-state index in [1.54, 1.807) is 0 Å². The van der Waals surface area contributed by atoms with Gasteiger partial charge in [0.05, 0.1) is 6.10 Å². The summed E-state index contributed by atoms with van der Waals surface area (Å²) in [5.41, 5.74) is 4.65. The van der Waals surface area contributed by atoms with Crippen LogP contribution in [-0.4, -0.2) is 36.7 Å². The van der Waals surface area contributed by atoms with Crippen molar-refractivity contribution in [2.75, 3.05) is 20.6 Å². The van der Waals surface area contributed by atoms with Gasteiger partial charge in [0, 0.05) is 24.1 Å². The fraction of sp³-hybridized carbons (Fsp3) is 0.400. The summed E-state index contributed by atoms with van der Waals surface area (Å²) < 4.78 is 22.4. The lowest BCUT2D eigenvalue weighted by molar-refractivity contribution is 0.0591. The Kier molecular flexibility index (Phi) is 3.73. The molecule has 1 aliphatic carbocycles. The number of hydrogen-bond donors (Lipinski definition) is 1. The van der Waals surface area contributed by atoms with Gasteiger partial charge in [0.25, 0.3) is 0 Å². The topological polar surface area (TPSA) is 60.4 Å². The number of hydrogen-bond acceptors (Lipinski definition) is 6. The van der Waals surface area contributed by atoms with Crippen LogP contribution in [0.4, 0.5) is 0 Å². The summed E-state index contributed by atoms with van der Waals surface area (Å²) in [6, 6.07) is 8.27. The summed E-state index contributed by atoms with van der Waals surface area (Å²) >= 11 is 0. The quantitative estimate of drug-likeness (QED) is 0.747. The number of ether oxygens (including phenoxy) is 4. The Hall–Kier alpha value is -2.15. The normalized spacial score (nSPS) is 26.7. The zero-order valence-corrected chi connectivity index (χ0v) is 15.6. The van der Waals surface area contributed by atoms with Crippen molar-refractivity contribution in [3.63, 3.8) is 0 Å². The monoisotopic (exact) mass is 389 g/mol. The van der Waals surface area contributed by atoms with Crippen LogP contribution < -0.4 is 18.9 Å². The molecule has 0 saturated heterocycles. The summed E-state index contributed by atoms with van der Waals surface area (Å²) in [5.74, 6) is 3.19. The number of benzene rings is 2. The summed E-state index contributed by atoms with van der Waals surface area (Å²) in [5, 5.41) is 11.0. The number of aliphatic hydroxyl groups is 1. The van der Waals surface area contributed by atoms with E-state index in [2.05, 4.69) is 24.1 Å². The first-order chi connectivity index (χ1) is 12.7. The molecule has 0 amide bonds. The largest absolute Gasteiger partial charge is 0.454 e. The molecule has 1 N–H and O–H groups in total. The molecule has 3 heterocycles. The van der Waals surface area contributed by atoms with Crippen molar-refractivity contribution in [1.29, 1.82) is 0 Å². The molecular weight excluding hydrogens is 370 g/mol. The third-order valence-electron chi connectivity index (χ3n) is 6.06. The molecule has 6 nitrogen and oxygen atoms in total. The highest BCUT2D eigenvalue weighted by atomic mass is 35.5. The van der Waals surface area contributed by atoms with Crippen molar-refractivity contribution < 1.29 is 24.1 Å². The Morgan fingerprint density at radius 1 is 0.963 bits per heavy atom. The van der Waals surface area contributed by atoms with Crippen LogP contribution >= 0.6 is 12.4 Å². The van der Waals surface area contributed by atoms with Crippen LogP contribution in [0.5, 0.6) is 23.0 Å². The molecule has 0 aromatic heterocycles. The molecule has 27 heavy (non-hydrogen) atoms. The lowest BCUT2D eigenvalue weighted by Crippen LogP contribution is -2.43. The van der Waals surface area contributed by atoms with E-state index >= 15 is 0 Å². The van der Waals surface area contributed by atoms with Gasteiger partial charge < -0.3 is 24.1 Å². The van der Waals surface area contributed by atoms with Crippen LogP contribution in [0.3, 0.4) is 0 Å². The standard InChI is InChI=1S/C20H19NO5.ClH/c1-21-7-13-11(2-3-15-20(13)26-9-23-15)18-14(22)4-10-5-16-17(25-8-24-16)6-12(10)19(18)21;/h2-3,5-6,14,18-19,22H,4,7-9H2,1H3;1H/t14-,18-,19+;/m0./s1. The Balaban J connectivity index is 0.00000160. The molecule has 0 unspecified atom stereocenters. The Morgan fingerprint density at radius 3 is 2.56 bits per heavy atom. The predicted molar refractivity (Wildman–Crippen MR) is 99.0 cm³/mol. The van der Waals surface area contributed by atoms with Crippen LogP contribution in [0.2, 0.25) is 0 Å². The lowest BCUT2D eigenvalue weighted by Gasteiger charge is -2.46. The molecule has 0 fully saturated rings. The average molecular weight is 390 g/mol. The molecule has 2 aromatic rings. The first-order valence-corrected chi connectivity index (χ1v) is 8.93. The van der Waals surface area contributed by atoms with Gasteiger partial charge in [-0.15, -0.1) is 12.4 Å². The van der Waals surface area contributed by atoms with Crippen molar-refractivity contribution in [3.05, 3.63) is 46.5 Å². The minimum absolute atomic E-state index is 0. The second-order valence-electron chi connectivity index (χ2n) is 7.43. The van der Waals surface area contributed by atoms with Crippen molar-refractivity contribution in [2.24, 2.45) is 0 Å². The molecule has 0 saturated carbocycles.